The van der Waals surface area contributed by atoms with Crippen molar-refractivity contribution in [3.05, 3.63) is 65.5 Å². The first-order valence-corrected chi connectivity index (χ1v) is 10.9. The van der Waals surface area contributed by atoms with E-state index in [1.54, 1.807) is 0 Å². The number of amides is 1. The van der Waals surface area contributed by atoms with Gasteiger partial charge in [0.1, 0.15) is 12.2 Å². The molecule has 3 heterocycles. The van der Waals surface area contributed by atoms with Crippen molar-refractivity contribution in [1.29, 1.82) is 0 Å². The molecule has 0 spiro atoms. The van der Waals surface area contributed by atoms with Gasteiger partial charge in [0.05, 0.1) is 0 Å². The average molecular weight is 406 g/mol. The molecule has 0 atom stereocenters. The van der Waals surface area contributed by atoms with E-state index in [2.05, 4.69) is 49.6 Å². The van der Waals surface area contributed by atoms with Crippen molar-refractivity contribution in [2.45, 2.75) is 58.7 Å². The van der Waals surface area contributed by atoms with Crippen molar-refractivity contribution in [1.82, 2.24) is 14.5 Å². The number of nitrogens with zero attached hydrogens (tertiary/aromatic N) is 3. The number of pyridine rings is 1. The Kier molecular flexibility index (Phi) is 6.18. The fourth-order valence-electron chi connectivity index (χ4n) is 4.34. The van der Waals surface area contributed by atoms with Gasteiger partial charge < -0.3 is 14.2 Å². The number of carbonyl (C=O) groups is 1. The summed E-state index contributed by atoms with van der Waals surface area (Å²) in [5.41, 5.74) is 4.40. The predicted molar refractivity (Wildman–Crippen MR) is 119 cm³/mol. The minimum atomic E-state index is 0.126. The highest BCUT2D eigenvalue weighted by molar-refractivity contribution is 5.82. The van der Waals surface area contributed by atoms with Crippen LogP contribution in [0.25, 0.3) is 11.0 Å². The highest BCUT2D eigenvalue weighted by Crippen LogP contribution is 2.32. The molecule has 1 fully saturated rings. The van der Waals surface area contributed by atoms with Gasteiger partial charge in [0.25, 0.3) is 0 Å². The lowest BCUT2D eigenvalue weighted by atomic mass is 9.96. The molecule has 0 aliphatic carbocycles. The highest BCUT2D eigenvalue weighted by Gasteiger charge is 2.25. The van der Waals surface area contributed by atoms with Crippen LogP contribution in [0.3, 0.4) is 0 Å². The van der Waals surface area contributed by atoms with Crippen LogP contribution in [-0.2, 0) is 22.6 Å². The van der Waals surface area contributed by atoms with Gasteiger partial charge in [-0.2, -0.15) is 0 Å². The Bertz CT molecular complexity index is 1000. The third-order valence-corrected chi connectivity index (χ3v) is 5.97. The normalized spacial score (nSPS) is 15.1. The van der Waals surface area contributed by atoms with Crippen LogP contribution in [0.4, 0.5) is 0 Å². The number of carbonyl (C=O) groups excluding carboxylic acids is 1. The standard InChI is InChI=1S/C25H31N3O2/c1-18(2)27(16-20-7-5-4-6-8-20)24(29)17-28-23(21-9-11-30-12-10-21)14-22-13-19(3)15-26-25(22)28/h4-8,13-15,18,21H,9-12,16-17H2,1-3H3. The van der Waals surface area contributed by atoms with Gasteiger partial charge in [-0.25, -0.2) is 4.98 Å². The largest absolute Gasteiger partial charge is 0.381 e. The number of benzene rings is 1. The van der Waals surface area contributed by atoms with E-state index in [-0.39, 0.29) is 11.9 Å². The molecule has 1 saturated heterocycles. The summed E-state index contributed by atoms with van der Waals surface area (Å²) in [6, 6.07) is 14.7. The molecule has 5 heteroatoms. The van der Waals surface area contributed by atoms with Crippen molar-refractivity contribution in [3.8, 4) is 0 Å². The predicted octanol–water partition coefficient (Wildman–Crippen LogP) is 4.68. The van der Waals surface area contributed by atoms with Gasteiger partial charge in [-0.1, -0.05) is 30.3 Å². The molecule has 2 aromatic heterocycles. The zero-order valence-electron chi connectivity index (χ0n) is 18.2. The van der Waals surface area contributed by atoms with Crippen molar-refractivity contribution >= 4 is 16.9 Å². The molecule has 158 valence electrons. The average Bonchev–Trinajstić information content (AvgIpc) is 3.10. The number of hydrogen-bond donors (Lipinski definition) is 0. The molecule has 0 bridgehead atoms. The first-order chi connectivity index (χ1) is 14.5. The molecule has 1 aliphatic rings. The molecule has 5 nitrogen and oxygen atoms in total. The summed E-state index contributed by atoms with van der Waals surface area (Å²) in [5, 5.41) is 1.11. The molecular weight excluding hydrogens is 374 g/mol. The van der Waals surface area contributed by atoms with Gasteiger partial charge in [-0.05, 0) is 56.9 Å². The van der Waals surface area contributed by atoms with Crippen LogP contribution < -0.4 is 0 Å². The number of hydrogen-bond acceptors (Lipinski definition) is 3. The fourth-order valence-corrected chi connectivity index (χ4v) is 4.34. The Morgan fingerprint density at radius 1 is 1.20 bits per heavy atom. The van der Waals surface area contributed by atoms with E-state index in [1.807, 2.05) is 29.3 Å². The zero-order valence-corrected chi connectivity index (χ0v) is 18.2. The van der Waals surface area contributed by atoms with E-state index in [4.69, 9.17) is 9.72 Å². The van der Waals surface area contributed by atoms with Crippen molar-refractivity contribution in [2.75, 3.05) is 13.2 Å². The molecule has 1 aromatic carbocycles. The summed E-state index contributed by atoms with van der Waals surface area (Å²) < 4.78 is 7.72. The first kappa shape index (κ1) is 20.6. The molecule has 4 rings (SSSR count). The topological polar surface area (TPSA) is 47.4 Å². The zero-order chi connectivity index (χ0) is 21.1. The van der Waals surface area contributed by atoms with Gasteiger partial charge in [-0.3, -0.25) is 4.79 Å². The highest BCUT2D eigenvalue weighted by atomic mass is 16.5. The molecule has 0 saturated carbocycles. The molecule has 0 radical (unpaired) electrons. The second kappa shape index (κ2) is 9.00. The smallest absolute Gasteiger partial charge is 0.243 e. The Morgan fingerprint density at radius 3 is 2.63 bits per heavy atom. The number of aryl methyl sites for hydroxylation is 1. The summed E-state index contributed by atoms with van der Waals surface area (Å²) >= 11 is 0. The number of aromatic nitrogens is 2. The third-order valence-electron chi connectivity index (χ3n) is 5.97. The van der Waals surface area contributed by atoms with Gasteiger partial charge in [0.2, 0.25) is 5.91 Å². The quantitative estimate of drug-likeness (QED) is 0.598. The second-order valence-electron chi connectivity index (χ2n) is 8.57. The molecule has 1 amide bonds. The maximum atomic E-state index is 13.5. The van der Waals surface area contributed by atoms with Crippen LogP contribution >= 0.6 is 0 Å². The van der Waals surface area contributed by atoms with Gasteiger partial charge in [0, 0.05) is 49.0 Å². The summed E-state index contributed by atoms with van der Waals surface area (Å²) in [6.45, 7) is 8.71. The Balaban J connectivity index is 1.66. The van der Waals surface area contributed by atoms with Crippen LogP contribution in [0.5, 0.6) is 0 Å². The second-order valence-corrected chi connectivity index (χ2v) is 8.57. The van der Waals surface area contributed by atoms with Gasteiger partial charge in [-0.15, -0.1) is 0 Å². The van der Waals surface area contributed by atoms with E-state index in [1.165, 1.54) is 5.69 Å². The summed E-state index contributed by atoms with van der Waals surface area (Å²) in [7, 11) is 0. The number of rotatable bonds is 6. The number of fused-ring (bicyclic) bond motifs is 1. The molecule has 3 aromatic rings. The van der Waals surface area contributed by atoms with Crippen LogP contribution in [0.2, 0.25) is 0 Å². The molecular formula is C25H31N3O2. The Hall–Kier alpha value is -2.66. The molecule has 0 unspecified atom stereocenters. The lowest BCUT2D eigenvalue weighted by Crippen LogP contribution is -2.39. The molecule has 30 heavy (non-hydrogen) atoms. The molecule has 0 N–H and O–H groups in total. The van der Waals surface area contributed by atoms with Crippen molar-refractivity contribution in [3.63, 3.8) is 0 Å². The maximum Gasteiger partial charge on any atom is 0.243 e. The monoisotopic (exact) mass is 405 g/mol. The maximum absolute atomic E-state index is 13.5. The minimum Gasteiger partial charge on any atom is -0.381 e. The van der Waals surface area contributed by atoms with Crippen LogP contribution in [0.1, 0.15) is 49.4 Å². The van der Waals surface area contributed by atoms with Crippen LogP contribution in [0, 0.1) is 6.92 Å². The lowest BCUT2D eigenvalue weighted by Gasteiger charge is -2.29. The summed E-state index contributed by atoms with van der Waals surface area (Å²) in [5.74, 6) is 0.532. The SMILES string of the molecule is Cc1cnc2c(c1)cc(C1CCOCC1)n2CC(=O)N(Cc1ccccc1)C(C)C. The van der Waals surface area contributed by atoms with E-state index in [0.717, 1.165) is 48.2 Å². The van der Waals surface area contributed by atoms with E-state index in [9.17, 15) is 4.79 Å². The third kappa shape index (κ3) is 4.41. The van der Waals surface area contributed by atoms with Gasteiger partial charge in [0.15, 0.2) is 0 Å². The van der Waals surface area contributed by atoms with Gasteiger partial charge >= 0.3 is 0 Å². The van der Waals surface area contributed by atoms with E-state index in [0.29, 0.717) is 19.0 Å². The lowest BCUT2D eigenvalue weighted by molar-refractivity contribution is -0.134. The van der Waals surface area contributed by atoms with Crippen molar-refractivity contribution < 1.29 is 9.53 Å². The minimum absolute atomic E-state index is 0.126. The summed E-state index contributed by atoms with van der Waals surface area (Å²) in [4.78, 5) is 20.1. The Morgan fingerprint density at radius 2 is 1.93 bits per heavy atom. The Labute approximate surface area is 178 Å². The van der Waals surface area contributed by atoms with Crippen LogP contribution in [0.15, 0.2) is 48.7 Å². The van der Waals surface area contributed by atoms with E-state index < -0.39 is 0 Å². The van der Waals surface area contributed by atoms with Crippen molar-refractivity contribution in [2.24, 2.45) is 0 Å². The fraction of sp³-hybridized carbons (Fsp3) is 0.440. The molecule has 1 aliphatic heterocycles. The number of ether oxygens (including phenoxy) is 1. The first-order valence-electron chi connectivity index (χ1n) is 10.9. The summed E-state index contributed by atoms with van der Waals surface area (Å²) in [6.07, 6.45) is 3.87. The van der Waals surface area contributed by atoms with Crippen LogP contribution in [-0.4, -0.2) is 39.6 Å². The van der Waals surface area contributed by atoms with E-state index >= 15 is 0 Å².